The van der Waals surface area contributed by atoms with Gasteiger partial charge >= 0.3 is 6.36 Å². The van der Waals surface area contributed by atoms with Gasteiger partial charge in [0.05, 0.1) is 6.07 Å². The van der Waals surface area contributed by atoms with Gasteiger partial charge in [-0.1, -0.05) is 12.1 Å². The number of benzene rings is 1. The number of ketones is 1. The van der Waals surface area contributed by atoms with E-state index in [0.29, 0.717) is 0 Å². The lowest BCUT2D eigenvalue weighted by molar-refractivity contribution is -0.274. The monoisotopic (exact) mass is 273 g/mol. The normalized spacial score (nSPS) is 12.6. The predicted molar refractivity (Wildman–Crippen MR) is 58.4 cm³/mol. The van der Waals surface area contributed by atoms with E-state index < -0.39 is 23.8 Å². The summed E-state index contributed by atoms with van der Waals surface area (Å²) in [7, 11) is 1.29. The number of carbonyl (C=O) groups excluding carboxylic acids is 1. The molecule has 1 atom stereocenters. The zero-order valence-electron chi connectivity index (χ0n) is 9.90. The summed E-state index contributed by atoms with van der Waals surface area (Å²) in [6.45, 7) is -0.289. The number of ether oxygens (including phenoxy) is 2. The van der Waals surface area contributed by atoms with Crippen molar-refractivity contribution >= 4 is 5.78 Å². The Morgan fingerprint density at radius 1 is 1.47 bits per heavy atom. The van der Waals surface area contributed by atoms with Crippen LogP contribution in [0.1, 0.15) is 11.5 Å². The lowest BCUT2D eigenvalue weighted by Gasteiger charge is -2.12. The first-order valence-electron chi connectivity index (χ1n) is 5.14. The number of hydrogen-bond donors (Lipinski definition) is 0. The van der Waals surface area contributed by atoms with Crippen LogP contribution in [0.3, 0.4) is 0 Å². The van der Waals surface area contributed by atoms with Gasteiger partial charge in [-0.05, 0) is 17.7 Å². The highest BCUT2D eigenvalue weighted by Crippen LogP contribution is 2.26. The molecule has 0 amide bonds. The number of nitriles is 1. The van der Waals surface area contributed by atoms with E-state index in [1.807, 2.05) is 0 Å². The van der Waals surface area contributed by atoms with Crippen LogP contribution >= 0.6 is 0 Å². The van der Waals surface area contributed by atoms with Crippen molar-refractivity contribution in [3.8, 4) is 11.8 Å². The maximum absolute atomic E-state index is 12.1. The molecule has 0 N–H and O–H groups in total. The van der Waals surface area contributed by atoms with E-state index in [1.165, 1.54) is 19.2 Å². The average Bonchev–Trinajstić information content (AvgIpc) is 2.28. The van der Waals surface area contributed by atoms with Crippen molar-refractivity contribution in [1.82, 2.24) is 0 Å². The van der Waals surface area contributed by atoms with E-state index in [9.17, 15) is 18.0 Å². The van der Waals surface area contributed by atoms with E-state index in [2.05, 4.69) is 9.47 Å². The number of alkyl halides is 3. The number of rotatable bonds is 5. The Hall–Kier alpha value is -2.07. The molecule has 1 unspecified atom stereocenters. The van der Waals surface area contributed by atoms with E-state index in [0.717, 1.165) is 12.1 Å². The van der Waals surface area contributed by atoms with Crippen LogP contribution in [0.25, 0.3) is 0 Å². The van der Waals surface area contributed by atoms with Crippen LogP contribution in [0.15, 0.2) is 24.3 Å². The van der Waals surface area contributed by atoms with Crippen LogP contribution in [0.2, 0.25) is 0 Å². The summed E-state index contributed by atoms with van der Waals surface area (Å²) in [6.07, 6.45) is -4.82. The molecule has 1 aromatic carbocycles. The maximum atomic E-state index is 12.1. The quantitative estimate of drug-likeness (QED) is 0.826. The highest BCUT2D eigenvalue weighted by atomic mass is 19.4. The molecule has 0 aliphatic carbocycles. The zero-order valence-corrected chi connectivity index (χ0v) is 9.90. The highest BCUT2D eigenvalue weighted by molar-refractivity contribution is 5.89. The van der Waals surface area contributed by atoms with E-state index in [1.54, 1.807) is 6.07 Å². The summed E-state index contributed by atoms with van der Waals surface area (Å²) in [6, 6.07) is 6.48. The second-order valence-electron chi connectivity index (χ2n) is 3.58. The Balaban J connectivity index is 2.97. The summed E-state index contributed by atoms with van der Waals surface area (Å²) >= 11 is 0. The molecule has 0 fully saturated rings. The van der Waals surface area contributed by atoms with Crippen molar-refractivity contribution in [2.45, 2.75) is 12.3 Å². The fraction of sp³-hybridized carbons (Fsp3) is 0.333. The third-order valence-corrected chi connectivity index (χ3v) is 2.16. The van der Waals surface area contributed by atoms with Crippen LogP contribution in [-0.4, -0.2) is 25.9 Å². The molecule has 0 aliphatic rings. The van der Waals surface area contributed by atoms with Gasteiger partial charge in [-0.15, -0.1) is 13.2 Å². The lowest BCUT2D eigenvalue weighted by atomic mass is 9.96. The van der Waals surface area contributed by atoms with Gasteiger partial charge in [-0.25, -0.2) is 0 Å². The van der Waals surface area contributed by atoms with Gasteiger partial charge in [0.25, 0.3) is 0 Å². The first kappa shape index (κ1) is 15.0. The minimum atomic E-state index is -4.82. The first-order chi connectivity index (χ1) is 8.87. The molecule has 0 heterocycles. The largest absolute Gasteiger partial charge is 0.573 e. The maximum Gasteiger partial charge on any atom is 0.573 e. The van der Waals surface area contributed by atoms with Crippen LogP contribution < -0.4 is 4.74 Å². The molecule has 0 spiro atoms. The second-order valence-corrected chi connectivity index (χ2v) is 3.58. The minimum absolute atomic E-state index is 0.131. The third kappa shape index (κ3) is 4.60. The fourth-order valence-corrected chi connectivity index (χ4v) is 1.45. The van der Waals surface area contributed by atoms with Gasteiger partial charge in [-0.3, -0.25) is 4.79 Å². The number of methoxy groups -OCH3 is 1. The van der Waals surface area contributed by atoms with E-state index in [-0.39, 0.29) is 12.2 Å². The highest BCUT2D eigenvalue weighted by Gasteiger charge is 2.31. The Labute approximate surface area is 107 Å². The molecule has 0 aliphatic heterocycles. The average molecular weight is 273 g/mol. The first-order valence-corrected chi connectivity index (χ1v) is 5.14. The SMILES string of the molecule is COCC(=O)C(C#N)c1cccc(OC(F)(F)F)c1. The Morgan fingerprint density at radius 2 is 2.16 bits per heavy atom. The summed E-state index contributed by atoms with van der Waals surface area (Å²) < 4.78 is 44.5. The molecule has 4 nitrogen and oxygen atoms in total. The number of Topliss-reactive ketones (excluding diaryl/α,β-unsaturated/α-hetero) is 1. The summed E-state index contributed by atoms with van der Waals surface area (Å²) in [4.78, 5) is 11.6. The van der Waals surface area contributed by atoms with Crippen molar-refractivity contribution in [3.63, 3.8) is 0 Å². The Morgan fingerprint density at radius 3 is 2.68 bits per heavy atom. The Bertz CT molecular complexity index is 494. The third-order valence-electron chi connectivity index (χ3n) is 2.16. The smallest absolute Gasteiger partial charge is 0.406 e. The van der Waals surface area contributed by atoms with Gasteiger partial charge in [0.15, 0.2) is 5.78 Å². The van der Waals surface area contributed by atoms with Crippen LogP contribution in [-0.2, 0) is 9.53 Å². The number of halogens is 3. The minimum Gasteiger partial charge on any atom is -0.406 e. The molecule has 0 radical (unpaired) electrons. The van der Waals surface area contributed by atoms with Gasteiger partial charge in [0, 0.05) is 7.11 Å². The van der Waals surface area contributed by atoms with E-state index >= 15 is 0 Å². The molecule has 19 heavy (non-hydrogen) atoms. The van der Waals surface area contributed by atoms with Crippen molar-refractivity contribution < 1.29 is 27.4 Å². The molecule has 1 rings (SSSR count). The second kappa shape index (κ2) is 6.20. The van der Waals surface area contributed by atoms with Crippen molar-refractivity contribution in [2.24, 2.45) is 0 Å². The van der Waals surface area contributed by atoms with Crippen LogP contribution in [0.5, 0.6) is 5.75 Å². The lowest BCUT2D eigenvalue weighted by Crippen LogP contribution is -2.18. The molecule has 0 aromatic heterocycles. The zero-order chi connectivity index (χ0) is 14.5. The molecular formula is C12H10F3NO3. The molecule has 0 saturated heterocycles. The van der Waals surface area contributed by atoms with Crippen LogP contribution in [0.4, 0.5) is 13.2 Å². The van der Waals surface area contributed by atoms with Crippen molar-refractivity contribution in [3.05, 3.63) is 29.8 Å². The molecule has 0 saturated carbocycles. The molecular weight excluding hydrogens is 263 g/mol. The Kier molecular flexibility index (Phi) is 4.89. The van der Waals surface area contributed by atoms with Gasteiger partial charge in [-0.2, -0.15) is 5.26 Å². The van der Waals surface area contributed by atoms with Crippen molar-refractivity contribution in [2.75, 3.05) is 13.7 Å². The topological polar surface area (TPSA) is 59.3 Å². The van der Waals surface area contributed by atoms with Crippen LogP contribution in [0, 0.1) is 11.3 Å². The summed E-state index contributed by atoms with van der Waals surface area (Å²) in [5.41, 5.74) is 0.131. The molecule has 0 bridgehead atoms. The standard InChI is InChI=1S/C12H10F3NO3/c1-18-7-11(17)10(6-16)8-3-2-4-9(5-8)19-12(13,14)15/h2-5,10H,7H2,1H3. The van der Waals surface area contributed by atoms with E-state index in [4.69, 9.17) is 5.26 Å². The van der Waals surface area contributed by atoms with Gasteiger partial charge < -0.3 is 9.47 Å². The fourth-order valence-electron chi connectivity index (χ4n) is 1.45. The molecule has 102 valence electrons. The van der Waals surface area contributed by atoms with Gasteiger partial charge in [0.1, 0.15) is 18.3 Å². The van der Waals surface area contributed by atoms with Gasteiger partial charge in [0.2, 0.25) is 0 Å². The number of nitrogens with zero attached hydrogens (tertiary/aromatic N) is 1. The number of carbonyl (C=O) groups is 1. The number of hydrogen-bond acceptors (Lipinski definition) is 4. The molecule has 7 heteroatoms. The predicted octanol–water partition coefficient (Wildman–Crippen LogP) is 2.41. The molecule has 1 aromatic rings. The van der Waals surface area contributed by atoms with Crippen molar-refractivity contribution in [1.29, 1.82) is 5.26 Å². The summed E-state index contributed by atoms with van der Waals surface area (Å²) in [5, 5.41) is 8.91. The summed E-state index contributed by atoms with van der Waals surface area (Å²) in [5.74, 6) is -2.19.